The highest BCUT2D eigenvalue weighted by Gasteiger charge is 2.51. The van der Waals surface area contributed by atoms with Crippen molar-refractivity contribution in [2.45, 2.75) is 10.1 Å². The lowest BCUT2D eigenvalue weighted by molar-refractivity contribution is -0.116. The van der Waals surface area contributed by atoms with Gasteiger partial charge in [-0.05, 0) is 50.1 Å². The van der Waals surface area contributed by atoms with Gasteiger partial charge in [-0.1, -0.05) is 0 Å². The number of halogens is 4. The van der Waals surface area contributed by atoms with Gasteiger partial charge in [-0.15, -0.1) is 23.2 Å². The number of nitrogens with zero attached hydrogens (tertiary/aromatic N) is 1. The summed E-state index contributed by atoms with van der Waals surface area (Å²) >= 11 is 17.8. The Morgan fingerprint density at radius 1 is 1.17 bits per heavy atom. The summed E-state index contributed by atoms with van der Waals surface area (Å²) < 4.78 is 24.5. The van der Waals surface area contributed by atoms with E-state index in [1.54, 1.807) is 6.07 Å². The third-order valence-corrected chi connectivity index (χ3v) is 7.61. The molecule has 98 valence electrons. The number of benzene rings is 1. The molecule has 0 N–H and O–H groups in total. The summed E-state index contributed by atoms with van der Waals surface area (Å²) in [5, 5.41) is -1.28. The predicted octanol–water partition coefficient (Wildman–Crippen LogP) is 3.06. The maximum Gasteiger partial charge on any atom is 0.261 e. The molecular weight excluding hydrogens is 433 g/mol. The van der Waals surface area contributed by atoms with E-state index >= 15 is 0 Å². The van der Waals surface area contributed by atoms with Crippen LogP contribution in [0.25, 0.3) is 0 Å². The van der Waals surface area contributed by atoms with Gasteiger partial charge in [0.2, 0.25) is 0 Å². The van der Waals surface area contributed by atoms with Crippen molar-refractivity contribution in [3.05, 3.63) is 27.1 Å². The molecule has 9 heteroatoms. The Morgan fingerprint density at radius 3 is 2.22 bits per heavy atom. The van der Waals surface area contributed by atoms with Crippen LogP contribution >= 0.6 is 55.1 Å². The van der Waals surface area contributed by atoms with Crippen molar-refractivity contribution in [3.8, 4) is 0 Å². The molecule has 0 saturated carbocycles. The molecular formula is C9H5Br2Cl2NO3S. The third kappa shape index (κ3) is 2.20. The van der Waals surface area contributed by atoms with E-state index in [1.165, 1.54) is 12.1 Å². The van der Waals surface area contributed by atoms with Crippen molar-refractivity contribution in [1.82, 2.24) is 0 Å². The lowest BCUT2D eigenvalue weighted by Gasteiger charge is -2.15. The van der Waals surface area contributed by atoms with Crippen molar-refractivity contribution in [2.24, 2.45) is 0 Å². The molecule has 1 saturated heterocycles. The van der Waals surface area contributed by atoms with Crippen molar-refractivity contribution in [3.63, 3.8) is 0 Å². The number of amides is 1. The van der Waals surface area contributed by atoms with Crippen molar-refractivity contribution >= 4 is 76.7 Å². The lowest BCUT2D eigenvalue weighted by atomic mass is 10.3. The Labute approximate surface area is 131 Å². The molecule has 18 heavy (non-hydrogen) atoms. The zero-order valence-corrected chi connectivity index (χ0v) is 14.0. The molecule has 2 unspecified atom stereocenters. The summed E-state index contributed by atoms with van der Waals surface area (Å²) in [6.45, 7) is 0. The molecule has 1 fully saturated rings. The Morgan fingerprint density at radius 2 is 1.78 bits per heavy atom. The second-order valence-corrected chi connectivity index (χ2v) is 8.31. The summed E-state index contributed by atoms with van der Waals surface area (Å²) in [5.41, 5.74) is 0.198. The zero-order valence-electron chi connectivity index (χ0n) is 8.48. The van der Waals surface area contributed by atoms with Crippen LogP contribution in [0.15, 0.2) is 27.1 Å². The van der Waals surface area contributed by atoms with Gasteiger partial charge in [-0.3, -0.25) is 4.79 Å². The van der Waals surface area contributed by atoms with Crippen LogP contribution in [-0.4, -0.2) is 24.4 Å². The monoisotopic (exact) mass is 435 g/mol. The molecule has 1 amide bonds. The molecule has 0 spiro atoms. The van der Waals surface area contributed by atoms with Gasteiger partial charge in [0.05, 0.1) is 5.69 Å². The predicted molar refractivity (Wildman–Crippen MR) is 77.5 cm³/mol. The Bertz CT molecular complexity index is 622. The van der Waals surface area contributed by atoms with E-state index in [2.05, 4.69) is 31.9 Å². The number of alkyl halides is 2. The Balaban J connectivity index is 2.57. The van der Waals surface area contributed by atoms with Crippen LogP contribution in [0, 0.1) is 0 Å². The fourth-order valence-electron chi connectivity index (χ4n) is 1.49. The average molecular weight is 438 g/mol. The molecule has 2 rings (SSSR count). The first-order valence-electron chi connectivity index (χ1n) is 4.58. The SMILES string of the molecule is O=C1C(Cl)C(Cl)S(=O)(=O)N1c1ccc(Br)c(Br)c1. The number of carbonyl (C=O) groups is 1. The van der Waals surface area contributed by atoms with E-state index < -0.39 is 26.0 Å². The van der Waals surface area contributed by atoms with Gasteiger partial charge in [-0.2, -0.15) is 0 Å². The molecule has 0 aliphatic carbocycles. The quantitative estimate of drug-likeness (QED) is 0.634. The van der Waals surface area contributed by atoms with Crippen molar-refractivity contribution in [1.29, 1.82) is 0 Å². The van der Waals surface area contributed by atoms with Crippen molar-refractivity contribution < 1.29 is 13.2 Å². The van der Waals surface area contributed by atoms with E-state index in [4.69, 9.17) is 23.2 Å². The molecule has 0 bridgehead atoms. The molecule has 1 aliphatic rings. The standard InChI is InChI=1S/C9H5Br2Cl2NO3S/c10-5-2-1-4(3-6(5)11)14-9(15)7(12)8(13)18(14,16)17/h1-3,7-8H. The van der Waals surface area contributed by atoms with Crippen LogP contribution < -0.4 is 4.31 Å². The lowest BCUT2D eigenvalue weighted by Crippen LogP contribution is -2.31. The third-order valence-electron chi connectivity index (χ3n) is 2.34. The van der Waals surface area contributed by atoms with Gasteiger partial charge in [0.25, 0.3) is 15.9 Å². The highest BCUT2D eigenvalue weighted by Crippen LogP contribution is 2.37. The normalized spacial score (nSPS) is 26.7. The van der Waals surface area contributed by atoms with Crippen LogP contribution in [-0.2, 0) is 14.8 Å². The fraction of sp³-hybridized carbons (Fsp3) is 0.222. The number of rotatable bonds is 1. The molecule has 1 aromatic rings. The molecule has 2 atom stereocenters. The molecule has 1 heterocycles. The minimum Gasteiger partial charge on any atom is -0.272 e. The first-order valence-corrected chi connectivity index (χ1v) is 8.54. The number of anilines is 1. The molecule has 0 radical (unpaired) electrons. The second-order valence-electron chi connectivity index (χ2n) is 3.50. The summed E-state index contributed by atoms with van der Waals surface area (Å²) in [7, 11) is -3.97. The van der Waals surface area contributed by atoms with E-state index in [0.29, 0.717) is 8.78 Å². The van der Waals surface area contributed by atoms with Crippen LogP contribution in [0.4, 0.5) is 5.69 Å². The number of hydrogen-bond donors (Lipinski definition) is 0. The fourth-order valence-corrected chi connectivity index (χ4v) is 4.38. The number of sulfonamides is 1. The highest BCUT2D eigenvalue weighted by atomic mass is 79.9. The average Bonchev–Trinajstić information content (AvgIpc) is 2.44. The summed E-state index contributed by atoms with van der Waals surface area (Å²) in [6, 6.07) is 4.61. The molecule has 0 aromatic heterocycles. The first kappa shape index (κ1) is 14.6. The van der Waals surface area contributed by atoms with Crippen LogP contribution in [0.5, 0.6) is 0 Å². The van der Waals surface area contributed by atoms with Gasteiger partial charge in [0.15, 0.2) is 4.71 Å². The van der Waals surface area contributed by atoms with Crippen LogP contribution in [0.2, 0.25) is 0 Å². The minimum atomic E-state index is -3.97. The topological polar surface area (TPSA) is 54.5 Å². The van der Waals surface area contributed by atoms with Gasteiger partial charge in [-0.25, -0.2) is 12.7 Å². The maximum atomic E-state index is 12.0. The van der Waals surface area contributed by atoms with E-state index in [9.17, 15) is 13.2 Å². The van der Waals surface area contributed by atoms with Gasteiger partial charge in [0.1, 0.15) is 5.38 Å². The summed E-state index contributed by atoms with van der Waals surface area (Å²) in [4.78, 5) is 11.8. The Hall–Kier alpha value is 0.180. The van der Waals surface area contributed by atoms with Crippen molar-refractivity contribution in [2.75, 3.05) is 4.31 Å². The van der Waals surface area contributed by atoms with Crippen LogP contribution in [0.1, 0.15) is 0 Å². The number of hydrogen-bond acceptors (Lipinski definition) is 3. The zero-order chi connectivity index (χ0) is 13.7. The van der Waals surface area contributed by atoms with E-state index in [0.717, 1.165) is 4.47 Å². The molecule has 1 aromatic carbocycles. The minimum absolute atomic E-state index is 0.198. The molecule has 1 aliphatic heterocycles. The van der Waals surface area contributed by atoms with Gasteiger partial charge < -0.3 is 0 Å². The summed E-state index contributed by atoms with van der Waals surface area (Å²) in [6.07, 6.45) is 0. The Kier molecular flexibility index (Phi) is 4.00. The second kappa shape index (κ2) is 4.94. The van der Waals surface area contributed by atoms with Gasteiger partial charge >= 0.3 is 0 Å². The van der Waals surface area contributed by atoms with E-state index in [1.807, 2.05) is 0 Å². The molecule has 4 nitrogen and oxygen atoms in total. The largest absolute Gasteiger partial charge is 0.272 e. The smallest absolute Gasteiger partial charge is 0.261 e. The van der Waals surface area contributed by atoms with E-state index in [-0.39, 0.29) is 5.69 Å². The number of carbonyl (C=O) groups excluding carboxylic acids is 1. The summed E-state index contributed by atoms with van der Waals surface area (Å²) in [5.74, 6) is -0.745. The first-order chi connectivity index (χ1) is 8.26. The van der Waals surface area contributed by atoms with Gasteiger partial charge in [0, 0.05) is 8.95 Å². The van der Waals surface area contributed by atoms with Crippen LogP contribution in [0.3, 0.4) is 0 Å². The maximum absolute atomic E-state index is 12.0. The highest BCUT2D eigenvalue weighted by molar-refractivity contribution is 9.13.